The van der Waals surface area contributed by atoms with Crippen molar-refractivity contribution in [2.24, 2.45) is 0 Å². The molecule has 0 radical (unpaired) electrons. The highest BCUT2D eigenvalue weighted by Gasteiger charge is 2.15. The minimum atomic E-state index is -1.05. The molecule has 100 valence electrons. The fourth-order valence-corrected chi connectivity index (χ4v) is 1.83. The summed E-state index contributed by atoms with van der Waals surface area (Å²) in [4.78, 5) is 12.9. The van der Waals surface area contributed by atoms with Gasteiger partial charge in [0.15, 0.2) is 0 Å². The molecule has 0 unspecified atom stereocenters. The molecule has 5 heteroatoms. The predicted molar refractivity (Wildman–Crippen MR) is 70.8 cm³/mol. The summed E-state index contributed by atoms with van der Waals surface area (Å²) in [6, 6.07) is 9.22. The van der Waals surface area contributed by atoms with Crippen molar-refractivity contribution in [2.45, 2.75) is 6.54 Å². The monoisotopic (exact) mass is 261 g/mol. The van der Waals surface area contributed by atoms with Crippen LogP contribution < -0.4 is 9.64 Å². The number of nitrogens with zero attached hydrogens (tertiary/aromatic N) is 1. The lowest BCUT2D eigenvalue weighted by atomic mass is 10.2. The van der Waals surface area contributed by atoms with Crippen LogP contribution in [0.3, 0.4) is 0 Å². The van der Waals surface area contributed by atoms with Crippen molar-refractivity contribution >= 4 is 11.7 Å². The maximum Gasteiger partial charge on any atom is 0.372 e. The Morgan fingerprint density at radius 1 is 1.32 bits per heavy atom. The average Bonchev–Trinajstić information content (AvgIpc) is 2.87. The minimum Gasteiger partial charge on any atom is -0.497 e. The number of furan rings is 1. The number of hydrogen-bond donors (Lipinski definition) is 1. The number of methoxy groups -OCH3 is 1. The zero-order valence-electron chi connectivity index (χ0n) is 10.8. The zero-order chi connectivity index (χ0) is 13.8. The van der Waals surface area contributed by atoms with Crippen LogP contribution >= 0.6 is 0 Å². The van der Waals surface area contributed by atoms with Gasteiger partial charge in [0.1, 0.15) is 5.75 Å². The van der Waals surface area contributed by atoms with Crippen LogP contribution in [0.4, 0.5) is 5.69 Å². The first-order chi connectivity index (χ1) is 9.11. The Morgan fingerprint density at radius 2 is 2.00 bits per heavy atom. The van der Waals surface area contributed by atoms with Crippen LogP contribution in [0.25, 0.3) is 0 Å². The van der Waals surface area contributed by atoms with Crippen LogP contribution in [0.15, 0.2) is 41.0 Å². The largest absolute Gasteiger partial charge is 0.497 e. The molecule has 1 N–H and O–H groups in total. The molecule has 1 aromatic heterocycles. The quantitative estimate of drug-likeness (QED) is 0.896. The van der Waals surface area contributed by atoms with Gasteiger partial charge in [-0.15, -0.1) is 0 Å². The fourth-order valence-electron chi connectivity index (χ4n) is 1.83. The zero-order valence-corrected chi connectivity index (χ0v) is 10.8. The third-order valence-corrected chi connectivity index (χ3v) is 2.86. The third-order valence-electron chi connectivity index (χ3n) is 2.86. The molecule has 0 saturated carbocycles. The summed E-state index contributed by atoms with van der Waals surface area (Å²) in [7, 11) is 3.50. The number of benzene rings is 1. The molecular formula is C14H15NO4. The first-order valence-corrected chi connectivity index (χ1v) is 5.76. The molecular weight excluding hydrogens is 246 g/mol. The Bertz CT molecular complexity index is 559. The van der Waals surface area contributed by atoms with Crippen LogP contribution in [-0.2, 0) is 6.54 Å². The second-order valence-electron chi connectivity index (χ2n) is 4.13. The van der Waals surface area contributed by atoms with Crippen molar-refractivity contribution in [3.63, 3.8) is 0 Å². The fraction of sp³-hybridized carbons (Fsp3) is 0.214. The van der Waals surface area contributed by atoms with Crippen molar-refractivity contribution in [3.05, 3.63) is 47.9 Å². The normalized spacial score (nSPS) is 10.2. The van der Waals surface area contributed by atoms with E-state index in [1.807, 2.05) is 36.2 Å². The van der Waals surface area contributed by atoms with E-state index in [4.69, 9.17) is 14.3 Å². The van der Waals surface area contributed by atoms with Crippen LogP contribution in [0.1, 0.15) is 16.1 Å². The van der Waals surface area contributed by atoms with Gasteiger partial charge in [0.2, 0.25) is 5.76 Å². The van der Waals surface area contributed by atoms with Gasteiger partial charge in [0.25, 0.3) is 0 Å². The Balaban J connectivity index is 2.13. The minimum absolute atomic E-state index is 0.0136. The maximum absolute atomic E-state index is 11.0. The summed E-state index contributed by atoms with van der Waals surface area (Å²) in [6.45, 7) is 0.463. The number of aromatic carboxylic acids is 1. The number of ether oxygens (including phenoxy) is 1. The standard InChI is InChI=1S/C14H15NO4/c1-15(11-3-5-12(18-2)6-4-11)9-10-7-8-19-13(10)14(16)17/h3-8H,9H2,1-2H3,(H,16,17). The summed E-state index contributed by atoms with van der Waals surface area (Å²) in [6.07, 6.45) is 1.39. The lowest BCUT2D eigenvalue weighted by molar-refractivity contribution is 0.0661. The highest BCUT2D eigenvalue weighted by Crippen LogP contribution is 2.21. The number of carboxylic acid groups (broad SMARTS) is 1. The number of rotatable bonds is 5. The van der Waals surface area contributed by atoms with Crippen LogP contribution in [0, 0.1) is 0 Å². The molecule has 0 amide bonds. The van der Waals surface area contributed by atoms with E-state index in [1.165, 1.54) is 6.26 Å². The van der Waals surface area contributed by atoms with E-state index in [2.05, 4.69) is 0 Å². The van der Waals surface area contributed by atoms with E-state index in [0.29, 0.717) is 12.1 Å². The van der Waals surface area contributed by atoms with E-state index in [1.54, 1.807) is 13.2 Å². The molecule has 0 saturated heterocycles. The molecule has 0 atom stereocenters. The molecule has 19 heavy (non-hydrogen) atoms. The topological polar surface area (TPSA) is 62.9 Å². The predicted octanol–water partition coefficient (Wildman–Crippen LogP) is 2.62. The number of carbonyl (C=O) groups is 1. The van der Waals surface area contributed by atoms with E-state index < -0.39 is 5.97 Å². The molecule has 5 nitrogen and oxygen atoms in total. The van der Waals surface area contributed by atoms with Crippen molar-refractivity contribution < 1.29 is 19.1 Å². The van der Waals surface area contributed by atoms with Gasteiger partial charge >= 0.3 is 5.97 Å². The number of carboxylic acids is 1. The molecule has 0 aliphatic rings. The SMILES string of the molecule is COc1ccc(N(C)Cc2ccoc2C(=O)O)cc1. The Hall–Kier alpha value is -2.43. The van der Waals surface area contributed by atoms with E-state index >= 15 is 0 Å². The van der Waals surface area contributed by atoms with Gasteiger partial charge < -0.3 is 19.2 Å². The molecule has 0 bridgehead atoms. The van der Waals surface area contributed by atoms with Gasteiger partial charge in [-0.1, -0.05) is 0 Å². The van der Waals surface area contributed by atoms with Crippen molar-refractivity contribution in [3.8, 4) is 5.75 Å². The van der Waals surface area contributed by atoms with Gasteiger partial charge in [0.05, 0.1) is 13.4 Å². The summed E-state index contributed by atoms with van der Waals surface area (Å²) < 4.78 is 10.0. The molecule has 0 fully saturated rings. The lowest BCUT2D eigenvalue weighted by Gasteiger charge is -2.19. The summed E-state index contributed by atoms with van der Waals surface area (Å²) in [5.41, 5.74) is 1.61. The van der Waals surface area contributed by atoms with Gasteiger partial charge in [-0.05, 0) is 30.3 Å². The molecule has 1 heterocycles. The van der Waals surface area contributed by atoms with Crippen LogP contribution in [-0.4, -0.2) is 25.2 Å². The van der Waals surface area contributed by atoms with E-state index in [-0.39, 0.29) is 5.76 Å². The van der Waals surface area contributed by atoms with E-state index in [9.17, 15) is 4.79 Å². The summed E-state index contributed by atoms with van der Waals surface area (Å²) in [5.74, 6) is -0.282. The molecule has 1 aromatic carbocycles. The molecule has 0 spiro atoms. The van der Waals surface area contributed by atoms with Crippen LogP contribution in [0.2, 0.25) is 0 Å². The van der Waals surface area contributed by atoms with Gasteiger partial charge in [-0.2, -0.15) is 0 Å². The van der Waals surface area contributed by atoms with Gasteiger partial charge in [-0.3, -0.25) is 0 Å². The van der Waals surface area contributed by atoms with Crippen LogP contribution in [0.5, 0.6) is 5.75 Å². The summed E-state index contributed by atoms with van der Waals surface area (Å²) >= 11 is 0. The smallest absolute Gasteiger partial charge is 0.372 e. The lowest BCUT2D eigenvalue weighted by Crippen LogP contribution is -2.17. The third kappa shape index (κ3) is 2.88. The highest BCUT2D eigenvalue weighted by molar-refractivity contribution is 5.86. The molecule has 2 aromatic rings. The van der Waals surface area contributed by atoms with Gasteiger partial charge in [-0.25, -0.2) is 4.79 Å². The van der Waals surface area contributed by atoms with Gasteiger partial charge in [0, 0.05) is 24.8 Å². The van der Waals surface area contributed by atoms with Crippen molar-refractivity contribution in [2.75, 3.05) is 19.1 Å². The average molecular weight is 261 g/mol. The highest BCUT2D eigenvalue weighted by atomic mass is 16.5. The maximum atomic E-state index is 11.0. The molecule has 2 rings (SSSR count). The molecule has 0 aliphatic carbocycles. The number of hydrogen-bond acceptors (Lipinski definition) is 4. The Labute approximate surface area is 111 Å². The first kappa shape index (κ1) is 13.0. The van der Waals surface area contributed by atoms with Crippen molar-refractivity contribution in [1.29, 1.82) is 0 Å². The molecule has 0 aliphatic heterocycles. The van der Waals surface area contributed by atoms with Crippen molar-refractivity contribution in [1.82, 2.24) is 0 Å². The Morgan fingerprint density at radius 3 is 2.58 bits per heavy atom. The number of anilines is 1. The second-order valence-corrected chi connectivity index (χ2v) is 4.13. The second kappa shape index (κ2) is 5.48. The first-order valence-electron chi connectivity index (χ1n) is 5.76. The van der Waals surface area contributed by atoms with E-state index in [0.717, 1.165) is 11.4 Å². The summed E-state index contributed by atoms with van der Waals surface area (Å²) in [5, 5.41) is 8.98. The Kier molecular flexibility index (Phi) is 3.75.